The van der Waals surface area contributed by atoms with Gasteiger partial charge in [0.25, 0.3) is 0 Å². The summed E-state index contributed by atoms with van der Waals surface area (Å²) in [5, 5.41) is 6.11. The molecule has 1 heterocycles. The standard InChI is InChI=1S/C20H19N3O2/c1-14(20(24)23-22-13-18-5-3-4-10-21-18)15-6-7-17-12-19(25-2)9-8-16(17)11-15/h3-14H,1-2H3,(H,23,24)/b22-13+. The molecular weight excluding hydrogens is 314 g/mol. The molecule has 0 radical (unpaired) electrons. The van der Waals surface area contributed by atoms with Crippen molar-refractivity contribution in [1.82, 2.24) is 10.4 Å². The number of nitrogens with zero attached hydrogens (tertiary/aromatic N) is 2. The van der Waals surface area contributed by atoms with Crippen molar-refractivity contribution in [1.29, 1.82) is 0 Å². The van der Waals surface area contributed by atoms with Gasteiger partial charge in [0.1, 0.15) is 5.75 Å². The lowest BCUT2D eigenvalue weighted by atomic mass is 9.97. The quantitative estimate of drug-likeness (QED) is 0.574. The van der Waals surface area contributed by atoms with Gasteiger partial charge in [-0.05, 0) is 47.5 Å². The Bertz CT molecular complexity index is 907. The SMILES string of the molecule is COc1ccc2cc(C(C)C(=O)N/N=C/c3ccccn3)ccc2c1. The van der Waals surface area contributed by atoms with Crippen LogP contribution in [0.25, 0.3) is 10.8 Å². The van der Waals surface area contributed by atoms with Crippen LogP contribution < -0.4 is 10.2 Å². The Hall–Kier alpha value is -3.21. The number of amides is 1. The van der Waals surface area contributed by atoms with Gasteiger partial charge in [0.15, 0.2) is 0 Å². The van der Waals surface area contributed by atoms with Crippen molar-refractivity contribution in [2.75, 3.05) is 7.11 Å². The summed E-state index contributed by atoms with van der Waals surface area (Å²) in [5.41, 5.74) is 4.19. The molecule has 5 heteroatoms. The second-order valence-corrected chi connectivity index (χ2v) is 5.68. The van der Waals surface area contributed by atoms with Crippen molar-refractivity contribution in [2.24, 2.45) is 5.10 Å². The number of ether oxygens (including phenoxy) is 1. The number of rotatable bonds is 5. The van der Waals surface area contributed by atoms with Gasteiger partial charge < -0.3 is 4.74 Å². The Morgan fingerprint density at radius 2 is 1.96 bits per heavy atom. The third kappa shape index (κ3) is 4.01. The molecule has 0 saturated carbocycles. The average molecular weight is 333 g/mol. The maximum atomic E-state index is 12.3. The monoisotopic (exact) mass is 333 g/mol. The molecule has 1 aromatic heterocycles. The lowest BCUT2D eigenvalue weighted by molar-refractivity contribution is -0.122. The Labute approximate surface area is 146 Å². The number of hydrogen-bond acceptors (Lipinski definition) is 4. The number of methoxy groups -OCH3 is 1. The van der Waals surface area contributed by atoms with Crippen molar-refractivity contribution in [3.8, 4) is 5.75 Å². The van der Waals surface area contributed by atoms with Gasteiger partial charge in [-0.15, -0.1) is 0 Å². The molecule has 1 N–H and O–H groups in total. The molecule has 0 bridgehead atoms. The highest BCUT2D eigenvalue weighted by Gasteiger charge is 2.15. The van der Waals surface area contributed by atoms with E-state index in [9.17, 15) is 4.79 Å². The van der Waals surface area contributed by atoms with Crippen LogP contribution >= 0.6 is 0 Å². The van der Waals surface area contributed by atoms with E-state index in [4.69, 9.17) is 4.74 Å². The zero-order valence-electron chi connectivity index (χ0n) is 14.1. The first-order chi connectivity index (χ1) is 12.2. The van der Waals surface area contributed by atoms with Crippen molar-refractivity contribution < 1.29 is 9.53 Å². The molecule has 1 atom stereocenters. The molecule has 3 rings (SSSR count). The minimum Gasteiger partial charge on any atom is -0.497 e. The van der Waals surface area contributed by atoms with E-state index in [1.54, 1.807) is 13.3 Å². The zero-order valence-corrected chi connectivity index (χ0v) is 14.1. The summed E-state index contributed by atoms with van der Waals surface area (Å²) in [7, 11) is 1.65. The minimum atomic E-state index is -0.313. The maximum Gasteiger partial charge on any atom is 0.247 e. The van der Waals surface area contributed by atoms with E-state index >= 15 is 0 Å². The highest BCUT2D eigenvalue weighted by atomic mass is 16.5. The molecule has 0 aliphatic heterocycles. The van der Waals surface area contributed by atoms with Gasteiger partial charge in [0.05, 0.1) is 24.9 Å². The third-order valence-electron chi connectivity index (χ3n) is 4.02. The number of nitrogens with one attached hydrogen (secondary N) is 1. The van der Waals surface area contributed by atoms with Crippen LogP contribution in [0.3, 0.4) is 0 Å². The molecule has 126 valence electrons. The number of pyridine rings is 1. The second kappa shape index (κ2) is 7.57. The van der Waals surface area contributed by atoms with Crippen molar-refractivity contribution in [3.63, 3.8) is 0 Å². The van der Waals surface area contributed by atoms with E-state index in [1.165, 1.54) is 6.21 Å². The number of carbonyl (C=O) groups excluding carboxylic acids is 1. The molecule has 1 amide bonds. The smallest absolute Gasteiger partial charge is 0.247 e. The van der Waals surface area contributed by atoms with Gasteiger partial charge in [-0.2, -0.15) is 5.10 Å². The van der Waals surface area contributed by atoms with Gasteiger partial charge in [-0.3, -0.25) is 9.78 Å². The summed E-state index contributed by atoms with van der Waals surface area (Å²) in [6, 6.07) is 17.3. The number of fused-ring (bicyclic) bond motifs is 1. The second-order valence-electron chi connectivity index (χ2n) is 5.68. The normalized spacial score (nSPS) is 12.2. The van der Waals surface area contributed by atoms with Gasteiger partial charge in [-0.1, -0.05) is 30.3 Å². The highest BCUT2D eigenvalue weighted by Crippen LogP contribution is 2.25. The van der Waals surface area contributed by atoms with E-state index in [1.807, 2.05) is 61.5 Å². The Kier molecular flexibility index (Phi) is 5.04. The van der Waals surface area contributed by atoms with Crippen LogP contribution in [0.15, 0.2) is 65.9 Å². The summed E-state index contributed by atoms with van der Waals surface area (Å²) in [5.74, 6) is 0.335. The van der Waals surface area contributed by atoms with E-state index < -0.39 is 0 Å². The average Bonchev–Trinajstić information content (AvgIpc) is 2.67. The fourth-order valence-electron chi connectivity index (χ4n) is 2.50. The Morgan fingerprint density at radius 3 is 2.72 bits per heavy atom. The summed E-state index contributed by atoms with van der Waals surface area (Å²) in [4.78, 5) is 16.4. The Balaban J connectivity index is 1.71. The maximum absolute atomic E-state index is 12.3. The molecule has 0 fully saturated rings. The number of benzene rings is 2. The van der Waals surface area contributed by atoms with Crippen molar-refractivity contribution >= 4 is 22.9 Å². The molecule has 0 aliphatic rings. The van der Waals surface area contributed by atoms with Crippen LogP contribution in [-0.2, 0) is 4.79 Å². The molecule has 5 nitrogen and oxygen atoms in total. The summed E-state index contributed by atoms with van der Waals surface area (Å²) < 4.78 is 5.23. The molecule has 0 aliphatic carbocycles. The highest BCUT2D eigenvalue weighted by molar-refractivity contribution is 5.89. The first-order valence-corrected chi connectivity index (χ1v) is 7.99. The van der Waals surface area contributed by atoms with E-state index in [0.717, 1.165) is 22.1 Å². The molecule has 0 spiro atoms. The number of aromatic nitrogens is 1. The molecule has 25 heavy (non-hydrogen) atoms. The van der Waals surface area contributed by atoms with Crippen LogP contribution in [0.5, 0.6) is 5.75 Å². The molecule has 1 unspecified atom stereocenters. The fraction of sp³-hybridized carbons (Fsp3) is 0.150. The summed E-state index contributed by atoms with van der Waals surface area (Å²) >= 11 is 0. The fourth-order valence-corrected chi connectivity index (χ4v) is 2.50. The summed E-state index contributed by atoms with van der Waals surface area (Å²) in [6.07, 6.45) is 3.20. The van der Waals surface area contributed by atoms with Gasteiger partial charge in [0.2, 0.25) is 5.91 Å². The largest absolute Gasteiger partial charge is 0.497 e. The van der Waals surface area contributed by atoms with Crippen LogP contribution in [0.1, 0.15) is 24.1 Å². The first kappa shape index (κ1) is 16.6. The molecular formula is C20H19N3O2. The Morgan fingerprint density at radius 1 is 1.16 bits per heavy atom. The van der Waals surface area contributed by atoms with Crippen molar-refractivity contribution in [2.45, 2.75) is 12.8 Å². The van der Waals surface area contributed by atoms with E-state index in [-0.39, 0.29) is 11.8 Å². The van der Waals surface area contributed by atoms with Gasteiger partial charge in [-0.25, -0.2) is 5.43 Å². The first-order valence-electron chi connectivity index (χ1n) is 7.99. The lowest BCUT2D eigenvalue weighted by Gasteiger charge is -2.11. The minimum absolute atomic E-state index is 0.167. The molecule has 3 aromatic rings. The van der Waals surface area contributed by atoms with E-state index in [0.29, 0.717) is 5.69 Å². The topological polar surface area (TPSA) is 63.6 Å². The predicted octanol–water partition coefficient (Wildman–Crippen LogP) is 3.50. The van der Waals surface area contributed by atoms with Gasteiger partial charge in [0, 0.05) is 6.20 Å². The van der Waals surface area contributed by atoms with Crippen LogP contribution in [-0.4, -0.2) is 24.2 Å². The third-order valence-corrected chi connectivity index (χ3v) is 4.02. The summed E-state index contributed by atoms with van der Waals surface area (Å²) in [6.45, 7) is 1.86. The zero-order chi connectivity index (χ0) is 17.6. The lowest BCUT2D eigenvalue weighted by Crippen LogP contribution is -2.23. The van der Waals surface area contributed by atoms with Crippen LogP contribution in [0, 0.1) is 0 Å². The number of hydrogen-bond donors (Lipinski definition) is 1. The molecule has 2 aromatic carbocycles. The van der Waals surface area contributed by atoms with Crippen molar-refractivity contribution in [3.05, 3.63) is 72.1 Å². The van der Waals surface area contributed by atoms with Crippen LogP contribution in [0.2, 0.25) is 0 Å². The van der Waals surface area contributed by atoms with Crippen LogP contribution in [0.4, 0.5) is 0 Å². The predicted molar refractivity (Wildman–Crippen MR) is 98.9 cm³/mol. The van der Waals surface area contributed by atoms with E-state index in [2.05, 4.69) is 15.5 Å². The number of carbonyl (C=O) groups is 1. The van der Waals surface area contributed by atoms with Gasteiger partial charge >= 0.3 is 0 Å². The molecule has 0 saturated heterocycles. The number of hydrazone groups is 1.